The number of aliphatic carboxylic acids is 1. The van der Waals surface area contributed by atoms with E-state index in [1.165, 1.54) is 17.0 Å². The van der Waals surface area contributed by atoms with E-state index in [2.05, 4.69) is 4.99 Å². The number of thioether (sulfide) groups is 1. The van der Waals surface area contributed by atoms with Crippen molar-refractivity contribution in [3.05, 3.63) is 29.8 Å². The second-order valence-electron chi connectivity index (χ2n) is 6.75. The van der Waals surface area contributed by atoms with E-state index < -0.39 is 44.7 Å². The minimum absolute atomic E-state index is 0.0837. The van der Waals surface area contributed by atoms with Crippen LogP contribution in [0.15, 0.2) is 29.3 Å². The van der Waals surface area contributed by atoms with Gasteiger partial charge in [-0.25, -0.2) is 8.42 Å². The van der Waals surface area contributed by atoms with Crippen LogP contribution in [0.4, 0.5) is 18.9 Å². The predicted octanol–water partition coefficient (Wildman–Crippen LogP) is 2.56. The first-order chi connectivity index (χ1) is 13.5. The SMILES string of the molecule is O=C(O)CCCC(=O)N=C1S[C@@H]2CS(=O)(=O)C[C@H]2N1c1cccc(C(F)(F)F)c1. The summed E-state index contributed by atoms with van der Waals surface area (Å²) < 4.78 is 63.3. The number of carboxylic acids is 1. The highest BCUT2D eigenvalue weighted by atomic mass is 32.2. The number of aliphatic imine (C=N–C) groups is 1. The molecular formula is C17H17F3N2O5S2. The third kappa shape index (κ3) is 5.10. The number of anilines is 1. The van der Waals surface area contributed by atoms with Gasteiger partial charge in [-0.15, -0.1) is 0 Å². The monoisotopic (exact) mass is 450 g/mol. The number of halogens is 3. The summed E-state index contributed by atoms with van der Waals surface area (Å²) in [6, 6.07) is 3.81. The third-order valence-corrected chi connectivity index (χ3v) is 7.73. The zero-order valence-electron chi connectivity index (χ0n) is 14.9. The summed E-state index contributed by atoms with van der Waals surface area (Å²) in [4.78, 5) is 28.0. The maximum absolute atomic E-state index is 13.1. The number of sulfone groups is 1. The van der Waals surface area contributed by atoms with Crippen molar-refractivity contribution in [1.82, 2.24) is 0 Å². The quantitative estimate of drug-likeness (QED) is 0.735. The largest absolute Gasteiger partial charge is 0.481 e. The van der Waals surface area contributed by atoms with Gasteiger partial charge in [-0.2, -0.15) is 18.2 Å². The lowest BCUT2D eigenvalue weighted by Crippen LogP contribution is -2.37. The van der Waals surface area contributed by atoms with Gasteiger partial charge in [-0.1, -0.05) is 17.8 Å². The number of carbonyl (C=O) groups excluding carboxylic acids is 1. The molecule has 2 aliphatic heterocycles. The summed E-state index contributed by atoms with van der Waals surface area (Å²) in [5, 5.41) is 8.33. The van der Waals surface area contributed by atoms with E-state index in [1.54, 1.807) is 0 Å². The molecule has 0 saturated carbocycles. The molecule has 2 heterocycles. The van der Waals surface area contributed by atoms with E-state index >= 15 is 0 Å². The summed E-state index contributed by atoms with van der Waals surface area (Å²) in [6.07, 6.45) is -4.82. The van der Waals surface area contributed by atoms with Crippen molar-refractivity contribution in [2.45, 2.75) is 36.7 Å². The Hall–Kier alpha value is -2.08. The van der Waals surface area contributed by atoms with Gasteiger partial charge in [0.2, 0.25) is 5.91 Å². The van der Waals surface area contributed by atoms with Gasteiger partial charge in [0.25, 0.3) is 0 Å². The van der Waals surface area contributed by atoms with Crippen molar-refractivity contribution in [1.29, 1.82) is 0 Å². The first-order valence-electron chi connectivity index (χ1n) is 8.63. The fourth-order valence-electron chi connectivity index (χ4n) is 3.25. The minimum Gasteiger partial charge on any atom is -0.481 e. The standard InChI is InChI=1S/C17H17F3N2O5S2/c18-17(19,20)10-3-1-4-11(7-10)22-12-8-29(26,27)9-13(12)28-16(22)21-14(23)5-2-6-15(24)25/h1,3-4,7,12-13H,2,5-6,8-9H2,(H,24,25)/t12-,13-/m1/s1. The molecule has 0 bridgehead atoms. The van der Waals surface area contributed by atoms with E-state index in [4.69, 9.17) is 5.11 Å². The second-order valence-corrected chi connectivity index (χ2v) is 10.1. The Kier molecular flexibility index (Phi) is 5.95. The predicted molar refractivity (Wildman–Crippen MR) is 102 cm³/mol. The number of benzene rings is 1. The molecule has 2 fully saturated rings. The highest BCUT2D eigenvalue weighted by Crippen LogP contribution is 2.42. The molecule has 3 rings (SSSR count). The lowest BCUT2D eigenvalue weighted by Gasteiger charge is -2.25. The zero-order valence-corrected chi connectivity index (χ0v) is 16.6. The van der Waals surface area contributed by atoms with Crippen LogP contribution in [0.5, 0.6) is 0 Å². The van der Waals surface area contributed by atoms with Crippen LogP contribution in [0, 0.1) is 0 Å². The Morgan fingerprint density at radius 2 is 1.97 bits per heavy atom. The summed E-state index contributed by atoms with van der Waals surface area (Å²) in [7, 11) is -3.35. The molecule has 1 N–H and O–H groups in total. The number of fused-ring (bicyclic) bond motifs is 1. The van der Waals surface area contributed by atoms with Crippen LogP contribution >= 0.6 is 11.8 Å². The molecular weight excluding hydrogens is 433 g/mol. The van der Waals surface area contributed by atoms with Gasteiger partial charge in [0.05, 0.1) is 23.1 Å². The Labute approximate surface area is 168 Å². The molecule has 2 saturated heterocycles. The first-order valence-corrected chi connectivity index (χ1v) is 11.3. The van der Waals surface area contributed by atoms with E-state index in [9.17, 15) is 31.2 Å². The van der Waals surface area contributed by atoms with E-state index in [0.717, 1.165) is 23.9 Å². The van der Waals surface area contributed by atoms with Crippen molar-refractivity contribution in [3.63, 3.8) is 0 Å². The molecule has 2 aliphatic rings. The van der Waals surface area contributed by atoms with Crippen molar-refractivity contribution < 1.29 is 36.3 Å². The highest BCUT2D eigenvalue weighted by Gasteiger charge is 2.49. The molecule has 0 aromatic heterocycles. The van der Waals surface area contributed by atoms with Gasteiger partial charge in [0.15, 0.2) is 15.0 Å². The van der Waals surface area contributed by atoms with E-state index in [0.29, 0.717) is 0 Å². The highest BCUT2D eigenvalue weighted by molar-refractivity contribution is 8.16. The average Bonchev–Trinajstić information content (AvgIpc) is 3.04. The van der Waals surface area contributed by atoms with Crippen LogP contribution in [-0.2, 0) is 25.6 Å². The molecule has 0 aliphatic carbocycles. The van der Waals surface area contributed by atoms with Crippen molar-refractivity contribution in [2.75, 3.05) is 16.4 Å². The summed E-state index contributed by atoms with van der Waals surface area (Å²) >= 11 is 1.05. The van der Waals surface area contributed by atoms with E-state index in [-0.39, 0.29) is 41.6 Å². The van der Waals surface area contributed by atoms with Crippen LogP contribution in [0.3, 0.4) is 0 Å². The van der Waals surface area contributed by atoms with Gasteiger partial charge in [-0.3, -0.25) is 9.59 Å². The van der Waals surface area contributed by atoms with Gasteiger partial charge in [-0.05, 0) is 24.6 Å². The van der Waals surface area contributed by atoms with Crippen molar-refractivity contribution >= 4 is 44.3 Å². The molecule has 158 valence electrons. The van der Waals surface area contributed by atoms with Crippen LogP contribution in [0.1, 0.15) is 24.8 Å². The lowest BCUT2D eigenvalue weighted by atomic mass is 10.1. The zero-order chi connectivity index (χ0) is 21.4. The average molecular weight is 450 g/mol. The Morgan fingerprint density at radius 3 is 2.62 bits per heavy atom. The molecule has 1 amide bonds. The van der Waals surface area contributed by atoms with E-state index in [1.807, 2.05) is 0 Å². The van der Waals surface area contributed by atoms with Crippen molar-refractivity contribution in [2.24, 2.45) is 4.99 Å². The number of hydrogen-bond acceptors (Lipinski definition) is 5. The van der Waals surface area contributed by atoms with Crippen LogP contribution in [0.25, 0.3) is 0 Å². The van der Waals surface area contributed by atoms with Crippen LogP contribution < -0.4 is 4.90 Å². The number of rotatable bonds is 5. The Bertz CT molecular complexity index is 962. The molecule has 1 aromatic carbocycles. The van der Waals surface area contributed by atoms with Gasteiger partial charge < -0.3 is 10.0 Å². The maximum atomic E-state index is 13.1. The number of hydrogen-bond donors (Lipinski definition) is 1. The molecule has 0 spiro atoms. The maximum Gasteiger partial charge on any atom is 0.416 e. The first kappa shape index (κ1) is 21.6. The Morgan fingerprint density at radius 1 is 1.24 bits per heavy atom. The number of nitrogens with zero attached hydrogens (tertiary/aromatic N) is 2. The third-order valence-electron chi connectivity index (χ3n) is 4.52. The second kappa shape index (κ2) is 7.98. The molecule has 12 heteroatoms. The normalized spacial score (nSPS) is 24.7. The van der Waals surface area contributed by atoms with Gasteiger partial charge >= 0.3 is 12.1 Å². The summed E-state index contributed by atoms with van der Waals surface area (Å²) in [5.41, 5.74) is -0.787. The van der Waals surface area contributed by atoms with Crippen LogP contribution in [0.2, 0.25) is 0 Å². The smallest absolute Gasteiger partial charge is 0.416 e. The van der Waals surface area contributed by atoms with Crippen molar-refractivity contribution in [3.8, 4) is 0 Å². The molecule has 0 unspecified atom stereocenters. The minimum atomic E-state index is -4.58. The topological polar surface area (TPSA) is 104 Å². The molecule has 29 heavy (non-hydrogen) atoms. The number of amides is 1. The van der Waals surface area contributed by atoms with Gasteiger partial charge in [0.1, 0.15) is 0 Å². The number of alkyl halides is 3. The molecule has 0 radical (unpaired) electrons. The van der Waals surface area contributed by atoms with Crippen LogP contribution in [-0.4, -0.2) is 53.4 Å². The summed E-state index contributed by atoms with van der Waals surface area (Å²) in [6.45, 7) is 0. The summed E-state index contributed by atoms with van der Waals surface area (Å²) in [5.74, 6) is -2.04. The fraction of sp³-hybridized carbons (Fsp3) is 0.471. The lowest BCUT2D eigenvalue weighted by molar-refractivity contribution is -0.138. The molecule has 1 aromatic rings. The number of carbonyl (C=O) groups is 2. The molecule has 2 atom stereocenters. The van der Waals surface area contributed by atoms with Gasteiger partial charge in [0, 0.05) is 23.8 Å². The number of amidine groups is 1. The number of carboxylic acid groups (broad SMARTS) is 1. The molecule has 7 nitrogen and oxygen atoms in total. The Balaban J connectivity index is 1.91. The fourth-order valence-corrected chi connectivity index (χ4v) is 7.18.